The predicted molar refractivity (Wildman–Crippen MR) is 205 cm³/mol. The van der Waals surface area contributed by atoms with E-state index in [1.165, 1.54) is 0 Å². The molecule has 0 spiro atoms. The zero-order valence-corrected chi connectivity index (χ0v) is 30.1. The van der Waals surface area contributed by atoms with Gasteiger partial charge in [-0.15, -0.1) is 0 Å². The number of amides is 4. The number of carbonyl (C=O) groups excluding carboxylic acids is 4. The molecule has 0 saturated heterocycles. The fraction of sp³-hybridized carbons (Fsp3) is 0.150. The third-order valence-electron chi connectivity index (χ3n) is 7.42. The van der Waals surface area contributed by atoms with Crippen molar-refractivity contribution in [3.8, 4) is 0 Å². The van der Waals surface area contributed by atoms with Gasteiger partial charge in [0.2, 0.25) is 35.6 Å². The first-order valence-electron chi connectivity index (χ1n) is 16.9. The molecular formula is C40H38N10O4. The second-order valence-electron chi connectivity index (χ2n) is 12.1. The first-order valence-corrected chi connectivity index (χ1v) is 16.9. The van der Waals surface area contributed by atoms with E-state index in [0.29, 0.717) is 22.8 Å². The molecule has 4 amide bonds. The van der Waals surface area contributed by atoms with E-state index in [1.807, 2.05) is 86.6 Å². The fourth-order valence-electron chi connectivity index (χ4n) is 5.01. The summed E-state index contributed by atoms with van der Waals surface area (Å²) in [6, 6.07) is 33.1. The summed E-state index contributed by atoms with van der Waals surface area (Å²) in [5.41, 5.74) is 4.72. The van der Waals surface area contributed by atoms with Crippen LogP contribution in [0.5, 0.6) is 0 Å². The van der Waals surface area contributed by atoms with E-state index in [2.05, 4.69) is 51.2 Å². The van der Waals surface area contributed by atoms with E-state index in [9.17, 15) is 19.2 Å². The molecule has 4 aromatic carbocycles. The molecule has 0 aliphatic carbocycles. The number of hydrogen-bond acceptors (Lipinski definition) is 10. The number of anilines is 4. The van der Waals surface area contributed by atoms with E-state index in [1.54, 1.807) is 50.2 Å². The minimum Gasteiger partial charge on any atom is -0.294 e. The van der Waals surface area contributed by atoms with Gasteiger partial charge in [0, 0.05) is 11.1 Å². The normalized spacial score (nSPS) is 10.3. The van der Waals surface area contributed by atoms with E-state index in [4.69, 9.17) is 0 Å². The Kier molecular flexibility index (Phi) is 12.9. The Bertz CT molecular complexity index is 2120. The molecular weight excluding hydrogens is 685 g/mol. The van der Waals surface area contributed by atoms with Gasteiger partial charge in [0.25, 0.3) is 11.8 Å². The number of benzene rings is 4. The van der Waals surface area contributed by atoms with Crippen LogP contribution in [-0.4, -0.2) is 53.5 Å². The van der Waals surface area contributed by atoms with E-state index < -0.39 is 0 Å². The van der Waals surface area contributed by atoms with Crippen molar-refractivity contribution in [2.24, 2.45) is 0 Å². The number of nitrogens with one attached hydrogen (secondary N) is 4. The van der Waals surface area contributed by atoms with Crippen LogP contribution in [0.4, 0.5) is 23.8 Å². The van der Waals surface area contributed by atoms with Crippen molar-refractivity contribution >= 4 is 47.4 Å². The van der Waals surface area contributed by atoms with Crippen LogP contribution in [0, 0.1) is 27.7 Å². The summed E-state index contributed by atoms with van der Waals surface area (Å²) in [6.45, 7) is 7.14. The average Bonchev–Trinajstić information content (AvgIpc) is 3.12. The van der Waals surface area contributed by atoms with Crippen LogP contribution in [0.1, 0.15) is 54.6 Å². The topological polar surface area (TPSA) is 194 Å². The Morgan fingerprint density at radius 2 is 0.778 bits per heavy atom. The number of hydrogen-bond donors (Lipinski definition) is 4. The van der Waals surface area contributed by atoms with Gasteiger partial charge >= 0.3 is 0 Å². The van der Waals surface area contributed by atoms with Crippen molar-refractivity contribution in [3.63, 3.8) is 0 Å². The highest BCUT2D eigenvalue weighted by molar-refractivity contribution is 6.04. The van der Waals surface area contributed by atoms with Gasteiger partial charge in [0.05, 0.1) is 12.8 Å². The summed E-state index contributed by atoms with van der Waals surface area (Å²) in [6.07, 6.45) is 0.419. The smallest absolute Gasteiger partial charge is 0.258 e. The van der Waals surface area contributed by atoms with Crippen LogP contribution < -0.4 is 21.3 Å². The lowest BCUT2D eigenvalue weighted by Crippen LogP contribution is -2.20. The van der Waals surface area contributed by atoms with Gasteiger partial charge in [-0.2, -0.15) is 29.9 Å². The Labute approximate surface area is 312 Å². The summed E-state index contributed by atoms with van der Waals surface area (Å²) in [5.74, 6) is 0.000309. The van der Waals surface area contributed by atoms with Crippen molar-refractivity contribution in [1.82, 2.24) is 29.9 Å². The molecule has 6 rings (SSSR count). The van der Waals surface area contributed by atoms with Crippen LogP contribution in [0.25, 0.3) is 0 Å². The Morgan fingerprint density at radius 1 is 0.426 bits per heavy atom. The molecule has 0 radical (unpaired) electrons. The highest BCUT2D eigenvalue weighted by Crippen LogP contribution is 2.12. The number of aryl methyl sites for hydroxylation is 4. The van der Waals surface area contributed by atoms with Crippen molar-refractivity contribution in [3.05, 3.63) is 154 Å². The SMILES string of the molecule is Cc1cccc(C(=O)Nc2nc(C)nc(NC(=O)c3cccc(C)c3)n2)c1.Cc1nc(NC(=O)Cc2ccccc2)nc(NC(=O)Cc2ccccc2)n1. The quantitative estimate of drug-likeness (QED) is 0.133. The fourth-order valence-corrected chi connectivity index (χ4v) is 5.01. The minimum atomic E-state index is -0.333. The molecule has 0 fully saturated rings. The average molecular weight is 723 g/mol. The third-order valence-corrected chi connectivity index (χ3v) is 7.42. The molecule has 14 nitrogen and oxygen atoms in total. The molecule has 0 bridgehead atoms. The van der Waals surface area contributed by atoms with Gasteiger partial charge < -0.3 is 0 Å². The molecule has 0 aliphatic rings. The van der Waals surface area contributed by atoms with Crippen LogP contribution in [-0.2, 0) is 22.4 Å². The zero-order valence-electron chi connectivity index (χ0n) is 30.1. The van der Waals surface area contributed by atoms with Crippen molar-refractivity contribution in [2.45, 2.75) is 40.5 Å². The first-order chi connectivity index (χ1) is 26.0. The second-order valence-corrected chi connectivity index (χ2v) is 12.1. The number of rotatable bonds is 10. The second kappa shape index (κ2) is 18.3. The molecule has 272 valence electrons. The maximum atomic E-state index is 12.4. The maximum Gasteiger partial charge on any atom is 0.258 e. The molecule has 0 aliphatic heterocycles. The van der Waals surface area contributed by atoms with Crippen LogP contribution >= 0.6 is 0 Å². The molecule has 14 heteroatoms. The van der Waals surface area contributed by atoms with Gasteiger partial charge in [0.1, 0.15) is 11.6 Å². The Hall–Kier alpha value is -7.22. The molecule has 0 saturated carbocycles. The molecule has 0 atom stereocenters. The van der Waals surface area contributed by atoms with Crippen molar-refractivity contribution < 1.29 is 19.2 Å². The molecule has 2 aromatic heterocycles. The van der Waals surface area contributed by atoms with Gasteiger partial charge in [0.15, 0.2) is 0 Å². The molecule has 6 aromatic rings. The monoisotopic (exact) mass is 722 g/mol. The van der Waals surface area contributed by atoms with Gasteiger partial charge in [-0.05, 0) is 63.1 Å². The summed E-state index contributed by atoms with van der Waals surface area (Å²) in [4.78, 5) is 73.7. The van der Waals surface area contributed by atoms with Crippen LogP contribution in [0.3, 0.4) is 0 Å². The van der Waals surface area contributed by atoms with Crippen molar-refractivity contribution in [2.75, 3.05) is 21.3 Å². The lowest BCUT2D eigenvalue weighted by atomic mass is 10.1. The largest absolute Gasteiger partial charge is 0.294 e. The van der Waals surface area contributed by atoms with E-state index in [-0.39, 0.29) is 60.3 Å². The number of nitrogens with zero attached hydrogens (tertiary/aromatic N) is 6. The number of aromatic nitrogens is 6. The summed E-state index contributed by atoms with van der Waals surface area (Å²) < 4.78 is 0. The highest BCUT2D eigenvalue weighted by atomic mass is 16.2. The van der Waals surface area contributed by atoms with Crippen LogP contribution in [0.2, 0.25) is 0 Å². The summed E-state index contributed by atoms with van der Waals surface area (Å²) >= 11 is 0. The number of carbonyl (C=O) groups is 4. The Balaban J connectivity index is 0.000000208. The van der Waals surface area contributed by atoms with Gasteiger partial charge in [-0.25, -0.2) is 0 Å². The standard InChI is InChI=1S/2C20H19N5O2/c1-12-6-4-8-15(10-12)17(26)23-19-21-14(3)22-20(25-19)24-18(27)16-9-5-7-13(2)11-16;1-14-21-19(23-17(26)12-15-8-4-2-5-9-15)25-20(22-14)24-18(27)13-16-10-6-3-7-11-16/h4-11H,1-3H3,(H2,21,22,23,24,25,26,27);2-11H,12-13H2,1H3,(H2,21,22,23,24,25,26,27). The molecule has 54 heavy (non-hydrogen) atoms. The zero-order chi connectivity index (χ0) is 38.5. The van der Waals surface area contributed by atoms with E-state index in [0.717, 1.165) is 22.3 Å². The lowest BCUT2D eigenvalue weighted by molar-refractivity contribution is -0.116. The summed E-state index contributed by atoms with van der Waals surface area (Å²) in [5, 5.41) is 10.6. The van der Waals surface area contributed by atoms with Gasteiger partial charge in [-0.1, -0.05) is 96.1 Å². The van der Waals surface area contributed by atoms with E-state index >= 15 is 0 Å². The Morgan fingerprint density at radius 3 is 1.13 bits per heavy atom. The maximum absolute atomic E-state index is 12.4. The first kappa shape index (κ1) is 38.0. The predicted octanol–water partition coefficient (Wildman–Crippen LogP) is 5.84. The minimum absolute atomic E-state index is 0.0774. The third kappa shape index (κ3) is 11.9. The lowest BCUT2D eigenvalue weighted by Gasteiger charge is -2.08. The molecule has 0 unspecified atom stereocenters. The summed E-state index contributed by atoms with van der Waals surface area (Å²) in [7, 11) is 0. The molecule has 2 heterocycles. The highest BCUT2D eigenvalue weighted by Gasteiger charge is 2.14. The van der Waals surface area contributed by atoms with Crippen molar-refractivity contribution in [1.29, 1.82) is 0 Å². The van der Waals surface area contributed by atoms with Gasteiger partial charge in [-0.3, -0.25) is 40.4 Å². The molecule has 4 N–H and O–H groups in total. The van der Waals surface area contributed by atoms with Crippen LogP contribution in [0.15, 0.2) is 109 Å².